The zero-order chi connectivity index (χ0) is 20.7. The number of nitrogens with zero attached hydrogens (tertiary/aromatic N) is 1. The van der Waals surface area contributed by atoms with Crippen LogP contribution in [-0.2, 0) is 21.4 Å². The van der Waals surface area contributed by atoms with Gasteiger partial charge in [-0.15, -0.1) is 0 Å². The van der Waals surface area contributed by atoms with Crippen molar-refractivity contribution in [1.82, 2.24) is 10.3 Å². The summed E-state index contributed by atoms with van der Waals surface area (Å²) < 4.78 is 32.9. The first-order valence-electron chi connectivity index (χ1n) is 8.91. The molecule has 0 fully saturated rings. The van der Waals surface area contributed by atoms with Crippen LogP contribution in [0.3, 0.4) is 0 Å². The summed E-state index contributed by atoms with van der Waals surface area (Å²) in [4.78, 5) is 16.1. The normalized spacial score (nSPS) is 10.9. The lowest BCUT2D eigenvalue weighted by Gasteiger charge is -2.10. The highest BCUT2D eigenvalue weighted by atomic mass is 32.2. The van der Waals surface area contributed by atoms with Gasteiger partial charge in [-0.3, -0.25) is 14.5 Å². The smallest absolute Gasteiger partial charge is 0.261 e. The third kappa shape index (κ3) is 6.05. The van der Waals surface area contributed by atoms with Crippen molar-refractivity contribution in [2.45, 2.75) is 18.4 Å². The van der Waals surface area contributed by atoms with E-state index in [4.69, 9.17) is 4.74 Å². The number of carbonyl (C=O) groups excluding carboxylic acids is 1. The van der Waals surface area contributed by atoms with Crippen molar-refractivity contribution in [2.24, 2.45) is 0 Å². The Morgan fingerprint density at radius 2 is 1.83 bits per heavy atom. The zero-order valence-corrected chi connectivity index (χ0v) is 16.6. The van der Waals surface area contributed by atoms with E-state index in [9.17, 15) is 13.2 Å². The Bertz CT molecular complexity index is 1070. The molecule has 8 heteroatoms. The van der Waals surface area contributed by atoms with Gasteiger partial charge in [0.05, 0.1) is 17.1 Å². The van der Waals surface area contributed by atoms with Crippen LogP contribution in [0.4, 0.5) is 5.69 Å². The molecule has 0 bridgehead atoms. The van der Waals surface area contributed by atoms with Crippen molar-refractivity contribution >= 4 is 21.6 Å². The largest absolute Gasteiger partial charge is 0.484 e. The molecule has 3 rings (SSSR count). The van der Waals surface area contributed by atoms with Gasteiger partial charge in [-0.25, -0.2) is 8.42 Å². The minimum absolute atomic E-state index is 0.103. The van der Waals surface area contributed by atoms with E-state index in [-0.39, 0.29) is 17.4 Å². The van der Waals surface area contributed by atoms with Gasteiger partial charge < -0.3 is 10.1 Å². The molecule has 1 amide bonds. The molecule has 0 saturated carbocycles. The molecule has 0 spiro atoms. The number of anilines is 1. The molecule has 0 aliphatic heterocycles. The summed E-state index contributed by atoms with van der Waals surface area (Å²) in [6.07, 6.45) is 1.65. The maximum Gasteiger partial charge on any atom is 0.261 e. The van der Waals surface area contributed by atoms with E-state index >= 15 is 0 Å². The van der Waals surface area contributed by atoms with Gasteiger partial charge in [-0.2, -0.15) is 0 Å². The Morgan fingerprint density at radius 1 is 1.03 bits per heavy atom. The Hall–Kier alpha value is -3.39. The average Bonchev–Trinajstić information content (AvgIpc) is 2.71. The highest BCUT2D eigenvalue weighted by Crippen LogP contribution is 2.20. The number of pyridine rings is 1. The molecule has 2 N–H and O–H groups in total. The monoisotopic (exact) mass is 411 g/mol. The number of ether oxygens (including phenoxy) is 1. The first kappa shape index (κ1) is 20.3. The molecule has 0 saturated heterocycles. The third-order valence-corrected chi connectivity index (χ3v) is 5.36. The van der Waals surface area contributed by atoms with Crippen molar-refractivity contribution in [3.8, 4) is 5.75 Å². The van der Waals surface area contributed by atoms with Gasteiger partial charge in [0.2, 0.25) is 0 Å². The minimum Gasteiger partial charge on any atom is -0.484 e. The first-order valence-corrected chi connectivity index (χ1v) is 10.4. The highest BCUT2D eigenvalue weighted by Gasteiger charge is 2.14. The molecule has 0 atom stereocenters. The fraction of sp³-hybridized carbons (Fsp3) is 0.143. The van der Waals surface area contributed by atoms with E-state index < -0.39 is 10.0 Å². The van der Waals surface area contributed by atoms with E-state index in [0.29, 0.717) is 18.0 Å². The lowest BCUT2D eigenvalue weighted by atomic mass is 10.2. The maximum absolute atomic E-state index is 12.5. The predicted octanol–water partition coefficient (Wildman–Crippen LogP) is 2.89. The van der Waals surface area contributed by atoms with Gasteiger partial charge >= 0.3 is 0 Å². The molecule has 0 aliphatic carbocycles. The Kier molecular flexibility index (Phi) is 6.46. The van der Waals surface area contributed by atoms with Gasteiger partial charge in [0, 0.05) is 11.9 Å². The molecule has 2 aromatic carbocycles. The van der Waals surface area contributed by atoms with Gasteiger partial charge in [0.1, 0.15) is 5.75 Å². The van der Waals surface area contributed by atoms with Crippen molar-refractivity contribution in [2.75, 3.05) is 11.3 Å². The summed E-state index contributed by atoms with van der Waals surface area (Å²) in [6, 6.07) is 18.4. The number of aromatic nitrogens is 1. The average molecular weight is 411 g/mol. The molecule has 1 heterocycles. The van der Waals surface area contributed by atoms with Crippen LogP contribution in [0.5, 0.6) is 5.75 Å². The van der Waals surface area contributed by atoms with Crippen LogP contribution in [0.1, 0.15) is 11.3 Å². The maximum atomic E-state index is 12.5. The van der Waals surface area contributed by atoms with E-state index in [1.165, 1.54) is 24.3 Å². The SMILES string of the molecule is Cc1cccc(NS(=O)(=O)c2ccc(OCC(=O)NCc3ccccn3)cc2)c1. The third-order valence-electron chi connectivity index (χ3n) is 3.97. The van der Waals surface area contributed by atoms with Crippen LogP contribution in [-0.4, -0.2) is 25.9 Å². The summed E-state index contributed by atoms with van der Waals surface area (Å²) in [5.41, 5.74) is 2.20. The number of amides is 1. The summed E-state index contributed by atoms with van der Waals surface area (Å²) in [6.45, 7) is 2.02. The van der Waals surface area contributed by atoms with Crippen molar-refractivity contribution in [3.05, 3.63) is 84.2 Å². The molecule has 0 unspecified atom stereocenters. The fourth-order valence-corrected chi connectivity index (χ4v) is 3.58. The van der Waals surface area contributed by atoms with E-state index in [1.807, 2.05) is 25.1 Å². The number of nitrogens with one attached hydrogen (secondary N) is 2. The van der Waals surface area contributed by atoms with Crippen molar-refractivity contribution < 1.29 is 17.9 Å². The van der Waals surface area contributed by atoms with Crippen molar-refractivity contribution in [3.63, 3.8) is 0 Å². The number of rotatable bonds is 8. The number of benzene rings is 2. The Balaban J connectivity index is 1.53. The highest BCUT2D eigenvalue weighted by molar-refractivity contribution is 7.92. The molecule has 1 aromatic heterocycles. The molecular weight excluding hydrogens is 390 g/mol. The van der Waals surface area contributed by atoms with Crippen molar-refractivity contribution in [1.29, 1.82) is 0 Å². The molecular formula is C21H21N3O4S. The van der Waals surface area contributed by atoms with Gasteiger partial charge in [0.15, 0.2) is 6.61 Å². The quantitative estimate of drug-likeness (QED) is 0.594. The van der Waals surface area contributed by atoms with Crippen LogP contribution < -0.4 is 14.8 Å². The Labute approximate surface area is 169 Å². The summed E-state index contributed by atoms with van der Waals surface area (Å²) >= 11 is 0. The lowest BCUT2D eigenvalue weighted by molar-refractivity contribution is -0.123. The van der Waals surface area contributed by atoms with E-state index in [0.717, 1.165) is 11.3 Å². The van der Waals surface area contributed by atoms with Gasteiger partial charge in [-0.1, -0.05) is 18.2 Å². The predicted molar refractivity (Wildman–Crippen MR) is 110 cm³/mol. The number of hydrogen-bond donors (Lipinski definition) is 2. The molecule has 0 radical (unpaired) electrons. The second-order valence-electron chi connectivity index (χ2n) is 6.33. The number of carbonyl (C=O) groups is 1. The fourth-order valence-electron chi connectivity index (χ4n) is 2.53. The molecule has 150 valence electrons. The van der Waals surface area contributed by atoms with E-state index in [1.54, 1.807) is 30.5 Å². The van der Waals surface area contributed by atoms with Crippen LogP contribution >= 0.6 is 0 Å². The molecule has 7 nitrogen and oxygen atoms in total. The second kappa shape index (κ2) is 9.20. The summed E-state index contributed by atoms with van der Waals surface area (Å²) in [5.74, 6) is 0.0981. The number of hydrogen-bond acceptors (Lipinski definition) is 5. The molecule has 0 aliphatic rings. The van der Waals surface area contributed by atoms with Gasteiger partial charge in [0.25, 0.3) is 15.9 Å². The summed E-state index contributed by atoms with van der Waals surface area (Å²) in [5, 5.41) is 2.70. The topological polar surface area (TPSA) is 97.4 Å². The van der Waals surface area contributed by atoms with Crippen LogP contribution in [0.25, 0.3) is 0 Å². The standard InChI is InChI=1S/C21H21N3O4S/c1-16-5-4-7-17(13-16)24-29(26,27)20-10-8-19(9-11-20)28-15-21(25)23-14-18-6-2-3-12-22-18/h2-13,24H,14-15H2,1H3,(H,23,25). The lowest BCUT2D eigenvalue weighted by Crippen LogP contribution is -2.28. The van der Waals surface area contributed by atoms with Crippen LogP contribution in [0.2, 0.25) is 0 Å². The van der Waals surface area contributed by atoms with Crippen LogP contribution in [0.15, 0.2) is 77.8 Å². The van der Waals surface area contributed by atoms with Gasteiger partial charge in [-0.05, 0) is 61.0 Å². The minimum atomic E-state index is -3.71. The first-order chi connectivity index (χ1) is 13.9. The second-order valence-corrected chi connectivity index (χ2v) is 8.02. The van der Waals surface area contributed by atoms with E-state index in [2.05, 4.69) is 15.0 Å². The number of sulfonamides is 1. The Morgan fingerprint density at radius 3 is 2.52 bits per heavy atom. The zero-order valence-electron chi connectivity index (χ0n) is 15.8. The molecule has 3 aromatic rings. The number of aryl methyl sites for hydroxylation is 1. The van der Waals surface area contributed by atoms with Crippen LogP contribution in [0, 0.1) is 6.92 Å². The molecule has 29 heavy (non-hydrogen) atoms. The summed E-state index contributed by atoms with van der Waals surface area (Å²) in [7, 11) is -3.71.